The van der Waals surface area contributed by atoms with Crippen LogP contribution in [0.25, 0.3) is 12.2 Å². The highest BCUT2D eigenvalue weighted by atomic mass is 16.4. The summed E-state index contributed by atoms with van der Waals surface area (Å²) >= 11 is 0. The number of nitrogens with one attached hydrogen (secondary N) is 1. The third kappa shape index (κ3) is 4.21. The fraction of sp³-hybridized carbons (Fsp3) is 0. The van der Waals surface area contributed by atoms with Gasteiger partial charge in [0.05, 0.1) is 11.3 Å². The summed E-state index contributed by atoms with van der Waals surface area (Å²) in [5.74, 6) is -1.46. The van der Waals surface area contributed by atoms with Crippen LogP contribution in [0.1, 0.15) is 31.8 Å². The fourth-order valence-electron chi connectivity index (χ4n) is 2.41. The number of aromatic nitrogens is 1. The quantitative estimate of drug-likeness (QED) is 0.727. The van der Waals surface area contributed by atoms with E-state index in [2.05, 4.69) is 10.3 Å². The first-order valence-electron chi connectivity index (χ1n) is 7.95. The number of amides is 1. The molecule has 0 aliphatic rings. The molecule has 5 heteroatoms. The second-order valence-electron chi connectivity index (χ2n) is 5.55. The first kappa shape index (κ1) is 17.1. The van der Waals surface area contributed by atoms with E-state index < -0.39 is 5.97 Å². The van der Waals surface area contributed by atoms with Crippen LogP contribution in [0.15, 0.2) is 73.1 Å². The number of rotatable bonds is 5. The van der Waals surface area contributed by atoms with Gasteiger partial charge in [0.25, 0.3) is 5.91 Å². The largest absolute Gasteiger partial charge is 0.478 e. The van der Waals surface area contributed by atoms with E-state index in [9.17, 15) is 14.7 Å². The van der Waals surface area contributed by atoms with Gasteiger partial charge in [-0.25, -0.2) is 4.79 Å². The van der Waals surface area contributed by atoms with Gasteiger partial charge in [-0.3, -0.25) is 9.78 Å². The van der Waals surface area contributed by atoms with Gasteiger partial charge in [-0.05, 0) is 41.5 Å². The summed E-state index contributed by atoms with van der Waals surface area (Å²) in [5.41, 5.74) is 2.43. The first-order chi connectivity index (χ1) is 12.6. The predicted molar refractivity (Wildman–Crippen MR) is 101 cm³/mol. The van der Waals surface area contributed by atoms with Gasteiger partial charge in [-0.15, -0.1) is 0 Å². The maximum absolute atomic E-state index is 12.3. The van der Waals surface area contributed by atoms with Crippen LogP contribution in [0, 0.1) is 0 Å². The zero-order valence-electron chi connectivity index (χ0n) is 13.8. The second kappa shape index (κ2) is 7.90. The molecule has 1 heterocycles. The lowest BCUT2D eigenvalue weighted by Crippen LogP contribution is -2.14. The van der Waals surface area contributed by atoms with Crippen molar-refractivity contribution >= 4 is 29.7 Å². The molecule has 0 spiro atoms. The highest BCUT2D eigenvalue weighted by molar-refractivity contribution is 6.08. The molecule has 0 bridgehead atoms. The van der Waals surface area contributed by atoms with Gasteiger partial charge < -0.3 is 10.4 Å². The Morgan fingerprint density at radius 1 is 0.923 bits per heavy atom. The Bertz CT molecular complexity index is 952. The van der Waals surface area contributed by atoms with Crippen molar-refractivity contribution in [3.8, 4) is 0 Å². The highest BCUT2D eigenvalue weighted by Crippen LogP contribution is 2.21. The lowest BCUT2D eigenvalue weighted by Gasteiger charge is -2.10. The summed E-state index contributed by atoms with van der Waals surface area (Å²) in [6.07, 6.45) is 7.11. The van der Waals surface area contributed by atoms with Crippen LogP contribution >= 0.6 is 0 Å². The summed E-state index contributed by atoms with van der Waals surface area (Å²) in [4.78, 5) is 27.8. The van der Waals surface area contributed by atoms with Gasteiger partial charge in [0, 0.05) is 18.0 Å². The third-order valence-corrected chi connectivity index (χ3v) is 3.71. The van der Waals surface area contributed by atoms with Gasteiger partial charge in [0.2, 0.25) is 0 Å². The van der Waals surface area contributed by atoms with Gasteiger partial charge in [0.1, 0.15) is 0 Å². The van der Waals surface area contributed by atoms with E-state index in [1.54, 1.807) is 48.8 Å². The lowest BCUT2D eigenvalue weighted by atomic mass is 10.1. The predicted octanol–water partition coefficient (Wildman–Crippen LogP) is 4.20. The number of aromatic carboxylic acids is 1. The summed E-state index contributed by atoms with van der Waals surface area (Å²) in [6, 6.07) is 17.2. The molecule has 0 atom stereocenters. The average molecular weight is 344 g/mol. The summed E-state index contributed by atoms with van der Waals surface area (Å²) < 4.78 is 0. The van der Waals surface area contributed by atoms with Crippen LogP contribution in [0.2, 0.25) is 0 Å². The van der Waals surface area contributed by atoms with E-state index in [0.717, 1.165) is 11.1 Å². The number of hydrogen-bond acceptors (Lipinski definition) is 3. The minimum Gasteiger partial charge on any atom is -0.478 e. The Hall–Kier alpha value is -3.73. The van der Waals surface area contributed by atoms with Crippen molar-refractivity contribution in [2.24, 2.45) is 0 Å². The maximum Gasteiger partial charge on any atom is 0.337 e. The van der Waals surface area contributed by atoms with Crippen molar-refractivity contribution in [2.75, 3.05) is 5.32 Å². The minimum atomic E-state index is -1.10. The van der Waals surface area contributed by atoms with Crippen LogP contribution in [0.5, 0.6) is 0 Å². The number of carboxylic acid groups (broad SMARTS) is 1. The molecule has 0 saturated heterocycles. The van der Waals surface area contributed by atoms with E-state index >= 15 is 0 Å². The number of carboxylic acids is 1. The van der Waals surface area contributed by atoms with E-state index in [1.807, 2.05) is 30.4 Å². The van der Waals surface area contributed by atoms with Crippen LogP contribution in [-0.2, 0) is 0 Å². The molecule has 0 fully saturated rings. The second-order valence-corrected chi connectivity index (χ2v) is 5.55. The van der Waals surface area contributed by atoms with Crippen LogP contribution in [0.3, 0.4) is 0 Å². The molecule has 2 aromatic carbocycles. The van der Waals surface area contributed by atoms with Gasteiger partial charge in [0.15, 0.2) is 0 Å². The van der Waals surface area contributed by atoms with Crippen molar-refractivity contribution in [1.82, 2.24) is 4.98 Å². The molecule has 0 aliphatic carbocycles. The molecule has 128 valence electrons. The molecule has 0 saturated carbocycles. The summed E-state index contributed by atoms with van der Waals surface area (Å²) in [6.45, 7) is 0. The van der Waals surface area contributed by atoms with Crippen molar-refractivity contribution < 1.29 is 14.7 Å². The number of pyridine rings is 1. The summed E-state index contributed by atoms with van der Waals surface area (Å²) in [5, 5.41) is 12.1. The average Bonchev–Trinajstić information content (AvgIpc) is 2.68. The number of benzene rings is 2. The highest BCUT2D eigenvalue weighted by Gasteiger charge is 2.13. The SMILES string of the molecule is O=C(Nc1cc(C=Cc2cccnc2)ccc1C(=O)O)c1ccccc1. The van der Waals surface area contributed by atoms with E-state index in [1.165, 1.54) is 6.07 Å². The Morgan fingerprint density at radius 2 is 1.69 bits per heavy atom. The molecule has 1 aromatic heterocycles. The normalized spacial score (nSPS) is 10.6. The van der Waals surface area contributed by atoms with Gasteiger partial charge in [-0.1, -0.05) is 42.5 Å². The fourth-order valence-corrected chi connectivity index (χ4v) is 2.41. The molecule has 0 radical (unpaired) electrons. The molecule has 26 heavy (non-hydrogen) atoms. The molecule has 5 nitrogen and oxygen atoms in total. The zero-order chi connectivity index (χ0) is 18.4. The molecular weight excluding hydrogens is 328 g/mol. The van der Waals surface area contributed by atoms with E-state index in [0.29, 0.717) is 5.56 Å². The number of carbonyl (C=O) groups excluding carboxylic acids is 1. The zero-order valence-corrected chi connectivity index (χ0v) is 13.8. The Balaban J connectivity index is 1.88. The van der Waals surface area contributed by atoms with E-state index in [-0.39, 0.29) is 17.2 Å². The van der Waals surface area contributed by atoms with E-state index in [4.69, 9.17) is 0 Å². The van der Waals surface area contributed by atoms with Crippen molar-refractivity contribution in [1.29, 1.82) is 0 Å². The van der Waals surface area contributed by atoms with Gasteiger partial charge >= 0.3 is 5.97 Å². The molecule has 1 amide bonds. The molecule has 0 unspecified atom stereocenters. The first-order valence-corrected chi connectivity index (χ1v) is 7.95. The van der Waals surface area contributed by atoms with Crippen LogP contribution in [-0.4, -0.2) is 22.0 Å². The lowest BCUT2D eigenvalue weighted by molar-refractivity contribution is 0.0698. The topological polar surface area (TPSA) is 79.3 Å². The van der Waals surface area contributed by atoms with Crippen LogP contribution < -0.4 is 5.32 Å². The smallest absolute Gasteiger partial charge is 0.337 e. The molecule has 3 rings (SSSR count). The molecular formula is C21H16N2O3. The van der Waals surface area contributed by atoms with Crippen LogP contribution in [0.4, 0.5) is 5.69 Å². The van der Waals surface area contributed by atoms with Crippen molar-refractivity contribution in [3.63, 3.8) is 0 Å². The minimum absolute atomic E-state index is 0.0350. The number of anilines is 1. The number of hydrogen-bond donors (Lipinski definition) is 2. The monoisotopic (exact) mass is 344 g/mol. The molecule has 3 aromatic rings. The van der Waals surface area contributed by atoms with Crippen molar-refractivity contribution in [3.05, 3.63) is 95.3 Å². The Morgan fingerprint density at radius 3 is 2.38 bits per heavy atom. The molecule has 2 N–H and O–H groups in total. The summed E-state index contributed by atoms with van der Waals surface area (Å²) in [7, 11) is 0. The molecule has 0 aliphatic heterocycles. The van der Waals surface area contributed by atoms with Crippen molar-refractivity contribution in [2.45, 2.75) is 0 Å². The maximum atomic E-state index is 12.3. The Labute approximate surface area is 150 Å². The standard InChI is InChI=1S/C21H16N2O3/c24-20(17-6-2-1-3-7-17)23-19-13-15(10-11-18(19)21(25)26)8-9-16-5-4-12-22-14-16/h1-14H,(H,23,24)(H,25,26). The van der Waals surface area contributed by atoms with Gasteiger partial charge in [-0.2, -0.15) is 0 Å². The number of carbonyl (C=O) groups is 2. The third-order valence-electron chi connectivity index (χ3n) is 3.71. The Kier molecular flexibility index (Phi) is 5.19. The number of nitrogens with zero attached hydrogens (tertiary/aromatic N) is 1.